The maximum atomic E-state index is 12.2. The summed E-state index contributed by atoms with van der Waals surface area (Å²) in [6.45, 7) is 5.58. The molecule has 1 heterocycles. The molecule has 0 aliphatic rings. The van der Waals surface area contributed by atoms with Crippen molar-refractivity contribution in [2.75, 3.05) is 39.5 Å². The van der Waals surface area contributed by atoms with Crippen molar-refractivity contribution in [3.05, 3.63) is 23.0 Å². The van der Waals surface area contributed by atoms with E-state index in [9.17, 15) is 8.42 Å². The highest BCUT2D eigenvalue weighted by molar-refractivity contribution is 7.89. The lowest BCUT2D eigenvalue weighted by Crippen LogP contribution is -2.42. The molecule has 1 aromatic rings. The van der Waals surface area contributed by atoms with Crippen molar-refractivity contribution in [2.24, 2.45) is 12.0 Å². The maximum Gasteiger partial charge on any atom is 0.215 e. The first kappa shape index (κ1) is 20.8. The smallest absolute Gasteiger partial charge is 0.215 e. The molecule has 0 amide bonds. The Labute approximate surface area is 150 Å². The Kier molecular flexibility index (Phi) is 8.05. The second-order valence-electron chi connectivity index (χ2n) is 5.49. The Balaban J connectivity index is 2.60. The summed E-state index contributed by atoms with van der Waals surface area (Å²) >= 11 is 6.00. The van der Waals surface area contributed by atoms with Crippen LogP contribution in [-0.4, -0.2) is 67.6 Å². The number of aliphatic imine (C=N–C) groups is 1. The van der Waals surface area contributed by atoms with Gasteiger partial charge in [-0.3, -0.25) is 4.99 Å². The van der Waals surface area contributed by atoms with E-state index < -0.39 is 10.0 Å². The van der Waals surface area contributed by atoms with Gasteiger partial charge in [0.15, 0.2) is 5.96 Å². The Morgan fingerprint density at radius 3 is 2.46 bits per heavy atom. The summed E-state index contributed by atoms with van der Waals surface area (Å²) in [7, 11) is 2.27. The molecule has 138 valence electrons. The number of nitrogens with zero attached hydrogens (tertiary/aromatic N) is 4. The largest absolute Gasteiger partial charge is 0.355 e. The number of guanidine groups is 1. The fourth-order valence-electron chi connectivity index (χ4n) is 2.46. The number of sulfonamides is 1. The van der Waals surface area contributed by atoms with Crippen molar-refractivity contribution in [3.63, 3.8) is 0 Å². The van der Waals surface area contributed by atoms with Gasteiger partial charge in [-0.15, -0.1) is 0 Å². The lowest BCUT2D eigenvalue weighted by Gasteiger charge is -2.23. The SMILES string of the molecule is CCN(CC)S(=O)(=O)CCNC(=NC)N(C)Cc1cc(Cl)cn1C. The summed E-state index contributed by atoms with van der Waals surface area (Å²) in [4.78, 5) is 6.13. The number of halogens is 1. The third-order valence-electron chi connectivity index (χ3n) is 3.79. The molecule has 0 spiro atoms. The summed E-state index contributed by atoms with van der Waals surface area (Å²) in [5, 5.41) is 3.79. The fraction of sp³-hybridized carbons (Fsp3) is 0.667. The summed E-state index contributed by atoms with van der Waals surface area (Å²) < 4.78 is 27.8. The fourth-order valence-corrected chi connectivity index (χ4v) is 4.14. The van der Waals surface area contributed by atoms with Gasteiger partial charge in [-0.25, -0.2) is 12.7 Å². The topological polar surface area (TPSA) is 69.9 Å². The van der Waals surface area contributed by atoms with Crippen LogP contribution in [0.4, 0.5) is 0 Å². The van der Waals surface area contributed by atoms with E-state index in [-0.39, 0.29) is 5.75 Å². The number of nitrogens with one attached hydrogen (secondary N) is 1. The number of hydrogen-bond donors (Lipinski definition) is 1. The van der Waals surface area contributed by atoms with Crippen LogP contribution in [0.2, 0.25) is 5.02 Å². The van der Waals surface area contributed by atoms with Gasteiger partial charge in [0.2, 0.25) is 10.0 Å². The van der Waals surface area contributed by atoms with E-state index >= 15 is 0 Å². The first-order valence-electron chi connectivity index (χ1n) is 7.95. The molecule has 0 radical (unpaired) electrons. The second kappa shape index (κ2) is 9.29. The molecule has 0 aliphatic heterocycles. The van der Waals surface area contributed by atoms with Crippen LogP contribution < -0.4 is 5.32 Å². The molecule has 7 nitrogen and oxygen atoms in total. The molecule has 1 aromatic heterocycles. The highest BCUT2D eigenvalue weighted by Gasteiger charge is 2.18. The average molecular weight is 378 g/mol. The van der Waals surface area contributed by atoms with Crippen LogP contribution in [-0.2, 0) is 23.6 Å². The second-order valence-corrected chi connectivity index (χ2v) is 8.02. The van der Waals surface area contributed by atoms with E-state index in [2.05, 4.69) is 10.3 Å². The van der Waals surface area contributed by atoms with E-state index in [0.717, 1.165) is 5.69 Å². The van der Waals surface area contributed by atoms with E-state index in [0.29, 0.717) is 37.2 Å². The molecule has 0 saturated carbocycles. The third-order valence-corrected chi connectivity index (χ3v) is 6.02. The molecule has 1 rings (SSSR count). The molecular weight excluding hydrogens is 350 g/mol. The Hall–Kier alpha value is -1.25. The van der Waals surface area contributed by atoms with E-state index in [4.69, 9.17) is 11.6 Å². The zero-order chi connectivity index (χ0) is 18.3. The van der Waals surface area contributed by atoms with Gasteiger partial charge in [-0.1, -0.05) is 25.4 Å². The molecule has 0 unspecified atom stereocenters. The van der Waals surface area contributed by atoms with E-state index in [1.54, 1.807) is 7.05 Å². The van der Waals surface area contributed by atoms with E-state index in [1.807, 2.05) is 49.7 Å². The Morgan fingerprint density at radius 2 is 2.00 bits per heavy atom. The molecule has 24 heavy (non-hydrogen) atoms. The zero-order valence-corrected chi connectivity index (χ0v) is 16.7. The molecule has 0 bridgehead atoms. The Morgan fingerprint density at radius 1 is 1.38 bits per heavy atom. The van der Waals surface area contributed by atoms with Crippen molar-refractivity contribution in [1.29, 1.82) is 0 Å². The van der Waals surface area contributed by atoms with Crippen LogP contribution in [0, 0.1) is 0 Å². The third kappa shape index (κ3) is 5.68. The molecule has 1 N–H and O–H groups in total. The van der Waals surface area contributed by atoms with Gasteiger partial charge in [0.05, 0.1) is 17.3 Å². The van der Waals surface area contributed by atoms with Crippen LogP contribution in [0.1, 0.15) is 19.5 Å². The normalized spacial score (nSPS) is 12.7. The lowest BCUT2D eigenvalue weighted by molar-refractivity contribution is 0.442. The molecule has 0 atom stereocenters. The summed E-state index contributed by atoms with van der Waals surface area (Å²) in [6, 6.07) is 1.90. The van der Waals surface area contributed by atoms with Crippen molar-refractivity contribution in [3.8, 4) is 0 Å². The van der Waals surface area contributed by atoms with Gasteiger partial charge in [0.1, 0.15) is 0 Å². The predicted molar refractivity (Wildman–Crippen MR) is 100.0 cm³/mol. The molecule has 0 aliphatic carbocycles. The van der Waals surface area contributed by atoms with Crippen LogP contribution in [0.5, 0.6) is 0 Å². The van der Waals surface area contributed by atoms with Gasteiger partial charge in [0.25, 0.3) is 0 Å². The van der Waals surface area contributed by atoms with Crippen LogP contribution in [0.3, 0.4) is 0 Å². The van der Waals surface area contributed by atoms with Crippen LogP contribution in [0.25, 0.3) is 0 Å². The van der Waals surface area contributed by atoms with Gasteiger partial charge in [-0.2, -0.15) is 0 Å². The van der Waals surface area contributed by atoms with Crippen molar-refractivity contribution < 1.29 is 8.42 Å². The summed E-state index contributed by atoms with van der Waals surface area (Å²) in [5.41, 5.74) is 1.04. The number of rotatable bonds is 8. The number of hydrogen-bond acceptors (Lipinski definition) is 3. The summed E-state index contributed by atoms with van der Waals surface area (Å²) in [6.07, 6.45) is 1.84. The van der Waals surface area contributed by atoms with Gasteiger partial charge >= 0.3 is 0 Å². The molecule has 0 aromatic carbocycles. The highest BCUT2D eigenvalue weighted by Crippen LogP contribution is 2.14. The lowest BCUT2D eigenvalue weighted by atomic mass is 10.4. The van der Waals surface area contributed by atoms with Gasteiger partial charge in [0, 0.05) is 52.7 Å². The van der Waals surface area contributed by atoms with Crippen molar-refractivity contribution in [2.45, 2.75) is 20.4 Å². The maximum absolute atomic E-state index is 12.2. The minimum atomic E-state index is -3.24. The zero-order valence-electron chi connectivity index (χ0n) is 15.1. The van der Waals surface area contributed by atoms with Crippen LogP contribution >= 0.6 is 11.6 Å². The first-order valence-corrected chi connectivity index (χ1v) is 9.94. The van der Waals surface area contributed by atoms with E-state index in [1.165, 1.54) is 4.31 Å². The first-order chi connectivity index (χ1) is 11.2. The predicted octanol–water partition coefficient (Wildman–Crippen LogP) is 1.36. The van der Waals surface area contributed by atoms with Crippen molar-refractivity contribution >= 4 is 27.6 Å². The minimum absolute atomic E-state index is 0.0392. The highest BCUT2D eigenvalue weighted by atomic mass is 35.5. The number of aryl methyl sites for hydroxylation is 1. The van der Waals surface area contributed by atoms with Crippen LogP contribution in [0.15, 0.2) is 17.3 Å². The number of aromatic nitrogens is 1. The van der Waals surface area contributed by atoms with Gasteiger partial charge in [-0.05, 0) is 6.07 Å². The monoisotopic (exact) mass is 377 g/mol. The standard InChI is InChI=1S/C15H28ClN5O2S/c1-6-21(7-2)24(22,23)9-8-18-15(17-3)20(5)12-14-10-13(16)11-19(14)4/h10-11H,6-9,12H2,1-5H3,(H,17,18). The molecule has 9 heteroatoms. The average Bonchev–Trinajstić information content (AvgIpc) is 2.82. The minimum Gasteiger partial charge on any atom is -0.355 e. The molecular formula is C15H28ClN5O2S. The summed E-state index contributed by atoms with van der Waals surface area (Å²) in [5.74, 6) is 0.680. The molecule has 0 fully saturated rings. The van der Waals surface area contributed by atoms with Crippen molar-refractivity contribution in [1.82, 2.24) is 19.1 Å². The molecule has 0 saturated heterocycles. The quantitative estimate of drug-likeness (QED) is 0.548. The van der Waals surface area contributed by atoms with Gasteiger partial charge < -0.3 is 14.8 Å². The Bertz CT molecular complexity index is 653.